The van der Waals surface area contributed by atoms with Crippen LogP contribution in [0.4, 0.5) is 0 Å². The minimum atomic E-state index is 0.190. The number of hydrogen-bond acceptors (Lipinski definition) is 2. The third-order valence-corrected chi connectivity index (χ3v) is 3.34. The highest BCUT2D eigenvalue weighted by molar-refractivity contribution is 5.59. The molecule has 1 N–H and O–H groups in total. The molecule has 1 aliphatic carbocycles. The summed E-state index contributed by atoms with van der Waals surface area (Å²) in [5, 5.41) is 9.07. The maximum Gasteiger partial charge on any atom is 0.119 e. The quantitative estimate of drug-likeness (QED) is 0.845. The van der Waals surface area contributed by atoms with Crippen LogP contribution in [0.25, 0.3) is 6.08 Å². The van der Waals surface area contributed by atoms with Gasteiger partial charge in [0, 0.05) is 6.61 Å². The molecular formula is C15H20O2. The lowest BCUT2D eigenvalue weighted by Crippen LogP contribution is -1.96. The Bertz CT molecular complexity index is 417. The van der Waals surface area contributed by atoms with Gasteiger partial charge in [0.1, 0.15) is 5.75 Å². The van der Waals surface area contributed by atoms with Crippen molar-refractivity contribution in [1.29, 1.82) is 0 Å². The van der Waals surface area contributed by atoms with Crippen LogP contribution in [-0.4, -0.2) is 18.8 Å². The molecule has 2 heteroatoms. The topological polar surface area (TPSA) is 29.5 Å². The average Bonchev–Trinajstić information content (AvgIpc) is 3.15. The van der Waals surface area contributed by atoms with Crippen LogP contribution in [0.3, 0.4) is 0 Å². The summed E-state index contributed by atoms with van der Waals surface area (Å²) in [7, 11) is 1.68. The van der Waals surface area contributed by atoms with E-state index in [9.17, 15) is 0 Å². The first-order chi connectivity index (χ1) is 8.24. The Hall–Kier alpha value is -1.28. The van der Waals surface area contributed by atoms with Gasteiger partial charge in [-0.2, -0.15) is 0 Å². The van der Waals surface area contributed by atoms with Crippen LogP contribution in [0.2, 0.25) is 0 Å². The minimum absolute atomic E-state index is 0.190. The maximum atomic E-state index is 9.07. The van der Waals surface area contributed by atoms with Gasteiger partial charge in [0.25, 0.3) is 0 Å². The van der Waals surface area contributed by atoms with Crippen LogP contribution < -0.4 is 4.74 Å². The summed E-state index contributed by atoms with van der Waals surface area (Å²) in [6.45, 7) is 2.38. The fraction of sp³-hybridized carbons (Fsp3) is 0.467. The summed E-state index contributed by atoms with van der Waals surface area (Å²) in [6, 6.07) is 6.05. The Kier molecular flexibility index (Phi) is 3.85. The second-order valence-electron chi connectivity index (χ2n) is 4.70. The van der Waals surface area contributed by atoms with Gasteiger partial charge >= 0.3 is 0 Å². The van der Waals surface area contributed by atoms with Gasteiger partial charge in [0.15, 0.2) is 0 Å². The monoisotopic (exact) mass is 232 g/mol. The van der Waals surface area contributed by atoms with E-state index in [4.69, 9.17) is 9.84 Å². The van der Waals surface area contributed by atoms with Gasteiger partial charge in [-0.25, -0.2) is 0 Å². The van der Waals surface area contributed by atoms with Crippen LogP contribution in [0.1, 0.15) is 30.9 Å². The number of hydrogen-bond donors (Lipinski definition) is 1. The van der Waals surface area contributed by atoms with Crippen LogP contribution in [0, 0.1) is 5.92 Å². The third-order valence-electron chi connectivity index (χ3n) is 3.34. The second kappa shape index (κ2) is 5.37. The zero-order chi connectivity index (χ0) is 12.3. The third kappa shape index (κ3) is 3.10. The molecule has 2 nitrogen and oxygen atoms in total. The summed E-state index contributed by atoms with van der Waals surface area (Å²) >= 11 is 0. The molecule has 2 rings (SSSR count). The standard InChI is InChI=1S/C15H20O2/c1-11(12-3-4-12)9-14-10-15(17-2)6-5-13(14)7-8-16/h5-6,9-10,12,16H,3-4,7-8H2,1-2H3/b11-9+. The van der Waals surface area contributed by atoms with Gasteiger partial charge in [-0.3, -0.25) is 0 Å². The van der Waals surface area contributed by atoms with Crippen molar-refractivity contribution in [3.63, 3.8) is 0 Å². The zero-order valence-electron chi connectivity index (χ0n) is 10.6. The van der Waals surface area contributed by atoms with Crippen LogP contribution in [0.5, 0.6) is 5.75 Å². The molecule has 1 fully saturated rings. The molecule has 0 aromatic heterocycles. The number of methoxy groups -OCH3 is 1. The number of aliphatic hydroxyl groups excluding tert-OH is 1. The molecule has 0 aliphatic heterocycles. The molecule has 0 radical (unpaired) electrons. The molecule has 92 valence electrons. The molecule has 1 aromatic carbocycles. The van der Waals surface area contributed by atoms with Gasteiger partial charge in [-0.05, 0) is 55.4 Å². The van der Waals surface area contributed by atoms with Crippen molar-refractivity contribution in [1.82, 2.24) is 0 Å². The fourth-order valence-electron chi connectivity index (χ4n) is 2.08. The first kappa shape index (κ1) is 12.2. The van der Waals surface area contributed by atoms with Crippen molar-refractivity contribution in [2.24, 2.45) is 5.92 Å². The van der Waals surface area contributed by atoms with E-state index in [0.717, 1.165) is 11.7 Å². The molecule has 0 amide bonds. The van der Waals surface area contributed by atoms with Gasteiger partial charge in [0.2, 0.25) is 0 Å². The highest BCUT2D eigenvalue weighted by Gasteiger charge is 2.22. The Balaban J connectivity index is 2.30. The Labute approximate surface area is 103 Å². The first-order valence-corrected chi connectivity index (χ1v) is 6.20. The molecule has 17 heavy (non-hydrogen) atoms. The summed E-state index contributed by atoms with van der Waals surface area (Å²) in [4.78, 5) is 0. The first-order valence-electron chi connectivity index (χ1n) is 6.20. The number of aliphatic hydroxyl groups is 1. The van der Waals surface area contributed by atoms with Gasteiger partial charge in [-0.15, -0.1) is 0 Å². The molecule has 0 saturated heterocycles. The largest absolute Gasteiger partial charge is 0.497 e. The van der Waals surface area contributed by atoms with Crippen molar-refractivity contribution in [3.05, 3.63) is 34.9 Å². The Morgan fingerprint density at radius 1 is 1.47 bits per heavy atom. The number of ether oxygens (including phenoxy) is 1. The van der Waals surface area contributed by atoms with Crippen LogP contribution in [0.15, 0.2) is 23.8 Å². The summed E-state index contributed by atoms with van der Waals surface area (Å²) in [5.74, 6) is 1.66. The van der Waals surface area contributed by atoms with Crippen molar-refractivity contribution in [2.45, 2.75) is 26.2 Å². The van der Waals surface area contributed by atoms with Crippen molar-refractivity contribution in [3.8, 4) is 5.75 Å². The predicted octanol–water partition coefficient (Wildman–Crippen LogP) is 3.04. The molecule has 1 saturated carbocycles. The molecule has 1 aromatic rings. The fourth-order valence-corrected chi connectivity index (χ4v) is 2.08. The second-order valence-corrected chi connectivity index (χ2v) is 4.70. The van der Waals surface area contributed by atoms with Crippen molar-refractivity contribution >= 4 is 6.08 Å². The number of rotatable bonds is 5. The van der Waals surface area contributed by atoms with Crippen molar-refractivity contribution in [2.75, 3.05) is 13.7 Å². The normalized spacial score (nSPS) is 16.1. The highest BCUT2D eigenvalue weighted by atomic mass is 16.5. The molecular weight excluding hydrogens is 212 g/mol. The molecule has 0 bridgehead atoms. The SMILES string of the molecule is COc1ccc(CCO)c(/C=C(\C)C2CC2)c1. The summed E-state index contributed by atoms with van der Waals surface area (Å²) in [6.07, 6.45) is 5.59. The summed E-state index contributed by atoms with van der Waals surface area (Å²) in [5.41, 5.74) is 3.81. The minimum Gasteiger partial charge on any atom is -0.497 e. The summed E-state index contributed by atoms with van der Waals surface area (Å²) < 4.78 is 5.25. The molecule has 1 aliphatic rings. The number of allylic oxidation sites excluding steroid dienone is 1. The van der Waals surface area contributed by atoms with E-state index in [1.807, 2.05) is 12.1 Å². The lowest BCUT2D eigenvalue weighted by atomic mass is 10.0. The van der Waals surface area contributed by atoms with Gasteiger partial charge < -0.3 is 9.84 Å². The van der Waals surface area contributed by atoms with Crippen LogP contribution in [-0.2, 0) is 6.42 Å². The van der Waals surface area contributed by atoms with Crippen LogP contribution >= 0.6 is 0 Å². The lowest BCUT2D eigenvalue weighted by Gasteiger charge is -2.09. The van der Waals surface area contributed by atoms with E-state index in [1.54, 1.807) is 7.11 Å². The van der Waals surface area contributed by atoms with E-state index in [0.29, 0.717) is 6.42 Å². The smallest absolute Gasteiger partial charge is 0.119 e. The average molecular weight is 232 g/mol. The molecule has 0 atom stereocenters. The lowest BCUT2D eigenvalue weighted by molar-refractivity contribution is 0.299. The molecule has 0 heterocycles. The van der Waals surface area contributed by atoms with Gasteiger partial charge in [0.05, 0.1) is 7.11 Å². The van der Waals surface area contributed by atoms with E-state index in [1.165, 1.54) is 29.5 Å². The Morgan fingerprint density at radius 2 is 2.24 bits per heavy atom. The van der Waals surface area contributed by atoms with E-state index in [-0.39, 0.29) is 6.61 Å². The molecule has 0 unspecified atom stereocenters. The maximum absolute atomic E-state index is 9.07. The zero-order valence-corrected chi connectivity index (χ0v) is 10.6. The Morgan fingerprint density at radius 3 is 2.82 bits per heavy atom. The predicted molar refractivity (Wildman–Crippen MR) is 70.2 cm³/mol. The van der Waals surface area contributed by atoms with E-state index in [2.05, 4.69) is 19.1 Å². The van der Waals surface area contributed by atoms with Crippen molar-refractivity contribution < 1.29 is 9.84 Å². The number of benzene rings is 1. The van der Waals surface area contributed by atoms with E-state index >= 15 is 0 Å². The molecule has 0 spiro atoms. The van der Waals surface area contributed by atoms with E-state index < -0.39 is 0 Å². The van der Waals surface area contributed by atoms with Gasteiger partial charge in [-0.1, -0.05) is 17.7 Å². The highest BCUT2D eigenvalue weighted by Crippen LogP contribution is 2.37.